The second-order valence-electron chi connectivity index (χ2n) is 3.57. The summed E-state index contributed by atoms with van der Waals surface area (Å²) in [5, 5.41) is 0.801. The van der Waals surface area contributed by atoms with Crippen LogP contribution in [0.15, 0.2) is 11.6 Å². The molecular formula is C11H19BrO2. The minimum atomic E-state index is -0.167. The molecule has 0 aliphatic carbocycles. The van der Waals surface area contributed by atoms with Gasteiger partial charge in [-0.1, -0.05) is 42.8 Å². The molecule has 82 valence electrons. The molecule has 0 aromatic rings. The minimum absolute atomic E-state index is 0.167. The van der Waals surface area contributed by atoms with Crippen molar-refractivity contribution in [3.63, 3.8) is 0 Å². The number of alkyl halides is 1. The van der Waals surface area contributed by atoms with E-state index in [1.807, 2.05) is 26.8 Å². The SMILES string of the molecule is CC/C=C(/CCBr)C(=O)OCC(C)C. The van der Waals surface area contributed by atoms with Crippen molar-refractivity contribution in [2.24, 2.45) is 5.92 Å². The Balaban J connectivity index is 4.09. The fraction of sp³-hybridized carbons (Fsp3) is 0.727. The number of allylic oxidation sites excluding steroid dienone is 1. The predicted octanol–water partition coefficient (Wildman–Crippen LogP) is 3.31. The molecule has 0 unspecified atom stereocenters. The van der Waals surface area contributed by atoms with Gasteiger partial charge in [0.2, 0.25) is 0 Å². The number of carbonyl (C=O) groups excluding carboxylic acids is 1. The summed E-state index contributed by atoms with van der Waals surface area (Å²) in [7, 11) is 0. The Bertz CT molecular complexity index is 197. The van der Waals surface area contributed by atoms with Crippen LogP contribution >= 0.6 is 15.9 Å². The summed E-state index contributed by atoms with van der Waals surface area (Å²) in [5.74, 6) is 0.228. The zero-order valence-electron chi connectivity index (χ0n) is 9.18. The highest BCUT2D eigenvalue weighted by atomic mass is 79.9. The standard InChI is InChI=1S/C11H19BrO2/c1-4-5-10(6-7-12)11(13)14-8-9(2)3/h5,9H,4,6-8H2,1-3H3/b10-5-. The van der Waals surface area contributed by atoms with E-state index >= 15 is 0 Å². The average molecular weight is 263 g/mol. The lowest BCUT2D eigenvalue weighted by Crippen LogP contribution is -2.12. The Morgan fingerprint density at radius 1 is 1.50 bits per heavy atom. The number of carbonyl (C=O) groups is 1. The number of hydrogen-bond acceptors (Lipinski definition) is 2. The van der Waals surface area contributed by atoms with E-state index < -0.39 is 0 Å². The Morgan fingerprint density at radius 2 is 2.14 bits per heavy atom. The highest BCUT2D eigenvalue weighted by molar-refractivity contribution is 9.09. The maximum atomic E-state index is 11.5. The molecule has 0 aliphatic heterocycles. The molecule has 0 saturated heterocycles. The Kier molecular flexibility index (Phi) is 7.86. The average Bonchev–Trinajstić information content (AvgIpc) is 2.14. The molecule has 2 nitrogen and oxygen atoms in total. The molecular weight excluding hydrogens is 244 g/mol. The van der Waals surface area contributed by atoms with Gasteiger partial charge in [-0.05, 0) is 18.8 Å². The highest BCUT2D eigenvalue weighted by Crippen LogP contribution is 2.08. The summed E-state index contributed by atoms with van der Waals surface area (Å²) in [5.41, 5.74) is 0.782. The zero-order chi connectivity index (χ0) is 11.0. The van der Waals surface area contributed by atoms with Gasteiger partial charge in [0.05, 0.1) is 6.61 Å². The smallest absolute Gasteiger partial charge is 0.333 e. The van der Waals surface area contributed by atoms with Gasteiger partial charge in [0.15, 0.2) is 0 Å². The van der Waals surface area contributed by atoms with Crippen LogP contribution in [0, 0.1) is 5.92 Å². The first-order valence-corrected chi connectivity index (χ1v) is 6.16. The fourth-order valence-corrected chi connectivity index (χ4v) is 1.40. The lowest BCUT2D eigenvalue weighted by molar-refractivity contribution is -0.140. The van der Waals surface area contributed by atoms with Crippen molar-refractivity contribution in [3.8, 4) is 0 Å². The van der Waals surface area contributed by atoms with Gasteiger partial charge in [0.1, 0.15) is 0 Å². The van der Waals surface area contributed by atoms with E-state index in [4.69, 9.17) is 4.74 Å². The van der Waals surface area contributed by atoms with Crippen LogP contribution in [-0.2, 0) is 9.53 Å². The van der Waals surface area contributed by atoms with Gasteiger partial charge in [0.25, 0.3) is 0 Å². The fourth-order valence-electron chi connectivity index (χ4n) is 0.971. The molecule has 0 rings (SSSR count). The number of esters is 1. The van der Waals surface area contributed by atoms with Gasteiger partial charge in [-0.3, -0.25) is 0 Å². The second-order valence-corrected chi connectivity index (χ2v) is 4.36. The molecule has 0 aromatic carbocycles. The molecule has 0 aliphatic rings. The predicted molar refractivity (Wildman–Crippen MR) is 62.6 cm³/mol. The number of hydrogen-bond donors (Lipinski definition) is 0. The van der Waals surface area contributed by atoms with Crippen LogP contribution in [0.25, 0.3) is 0 Å². The number of ether oxygens (including phenoxy) is 1. The molecule has 0 heterocycles. The zero-order valence-corrected chi connectivity index (χ0v) is 10.8. The largest absolute Gasteiger partial charge is 0.462 e. The van der Waals surface area contributed by atoms with Crippen LogP contribution in [0.4, 0.5) is 0 Å². The van der Waals surface area contributed by atoms with Crippen LogP contribution in [0.3, 0.4) is 0 Å². The van der Waals surface area contributed by atoms with Gasteiger partial charge in [0, 0.05) is 10.9 Å². The van der Waals surface area contributed by atoms with Gasteiger partial charge < -0.3 is 4.74 Å². The normalized spacial score (nSPS) is 11.9. The van der Waals surface area contributed by atoms with Crippen molar-refractivity contribution in [3.05, 3.63) is 11.6 Å². The van der Waals surface area contributed by atoms with Crippen molar-refractivity contribution < 1.29 is 9.53 Å². The Morgan fingerprint density at radius 3 is 2.57 bits per heavy atom. The third kappa shape index (κ3) is 6.19. The van der Waals surface area contributed by atoms with Crippen LogP contribution < -0.4 is 0 Å². The molecule has 0 saturated carbocycles. The lowest BCUT2D eigenvalue weighted by Gasteiger charge is -2.08. The van der Waals surface area contributed by atoms with Gasteiger partial charge >= 0.3 is 5.97 Å². The quantitative estimate of drug-likeness (QED) is 0.417. The molecule has 0 bridgehead atoms. The van der Waals surface area contributed by atoms with E-state index in [1.165, 1.54) is 0 Å². The first-order chi connectivity index (χ1) is 6.61. The maximum Gasteiger partial charge on any atom is 0.333 e. The van der Waals surface area contributed by atoms with Gasteiger partial charge in [-0.2, -0.15) is 0 Å². The molecule has 14 heavy (non-hydrogen) atoms. The Labute approximate surface area is 94.8 Å². The first-order valence-electron chi connectivity index (χ1n) is 5.03. The summed E-state index contributed by atoms with van der Waals surface area (Å²) < 4.78 is 5.14. The van der Waals surface area contributed by atoms with Crippen molar-refractivity contribution in [2.75, 3.05) is 11.9 Å². The maximum absolute atomic E-state index is 11.5. The summed E-state index contributed by atoms with van der Waals surface area (Å²) in [6, 6.07) is 0. The van der Waals surface area contributed by atoms with Crippen molar-refractivity contribution in [2.45, 2.75) is 33.6 Å². The Hall–Kier alpha value is -0.310. The van der Waals surface area contributed by atoms with E-state index in [9.17, 15) is 4.79 Å². The van der Waals surface area contributed by atoms with Crippen LogP contribution in [0.2, 0.25) is 0 Å². The molecule has 0 radical (unpaired) electrons. The van der Waals surface area contributed by atoms with Crippen LogP contribution in [-0.4, -0.2) is 17.9 Å². The second kappa shape index (κ2) is 8.04. The van der Waals surface area contributed by atoms with Crippen molar-refractivity contribution in [1.82, 2.24) is 0 Å². The molecule has 0 amide bonds. The number of rotatable bonds is 6. The van der Waals surface area contributed by atoms with Gasteiger partial charge in [-0.25, -0.2) is 4.79 Å². The van der Waals surface area contributed by atoms with Crippen molar-refractivity contribution >= 4 is 21.9 Å². The summed E-state index contributed by atoms with van der Waals surface area (Å²) in [6.45, 7) is 6.58. The summed E-state index contributed by atoms with van der Waals surface area (Å²) >= 11 is 3.32. The molecule has 0 N–H and O–H groups in total. The third-order valence-electron chi connectivity index (χ3n) is 1.62. The topological polar surface area (TPSA) is 26.3 Å². The van der Waals surface area contributed by atoms with Gasteiger partial charge in [-0.15, -0.1) is 0 Å². The van der Waals surface area contributed by atoms with Crippen LogP contribution in [0.1, 0.15) is 33.6 Å². The summed E-state index contributed by atoms with van der Waals surface area (Å²) in [4.78, 5) is 11.5. The molecule has 3 heteroatoms. The monoisotopic (exact) mass is 262 g/mol. The third-order valence-corrected chi connectivity index (χ3v) is 2.02. The summed E-state index contributed by atoms with van der Waals surface area (Å²) in [6.07, 6.45) is 3.55. The van der Waals surface area contributed by atoms with E-state index in [2.05, 4.69) is 15.9 Å². The molecule has 0 spiro atoms. The number of halogens is 1. The van der Waals surface area contributed by atoms with E-state index in [0.717, 1.165) is 23.7 Å². The first kappa shape index (κ1) is 13.7. The van der Waals surface area contributed by atoms with E-state index in [0.29, 0.717) is 12.5 Å². The molecule has 0 aromatic heterocycles. The van der Waals surface area contributed by atoms with Crippen molar-refractivity contribution in [1.29, 1.82) is 0 Å². The van der Waals surface area contributed by atoms with E-state index in [1.54, 1.807) is 0 Å². The van der Waals surface area contributed by atoms with E-state index in [-0.39, 0.29) is 5.97 Å². The van der Waals surface area contributed by atoms with Crippen LogP contribution in [0.5, 0.6) is 0 Å². The molecule has 0 atom stereocenters. The lowest BCUT2D eigenvalue weighted by atomic mass is 10.2. The molecule has 0 fully saturated rings. The highest BCUT2D eigenvalue weighted by Gasteiger charge is 2.10. The minimum Gasteiger partial charge on any atom is -0.462 e.